The van der Waals surface area contributed by atoms with E-state index in [0.29, 0.717) is 24.7 Å². The fourth-order valence-corrected chi connectivity index (χ4v) is 4.95. The van der Waals surface area contributed by atoms with E-state index < -0.39 is 0 Å². The van der Waals surface area contributed by atoms with Crippen LogP contribution in [0.3, 0.4) is 0 Å². The molecule has 2 aliphatic rings. The van der Waals surface area contributed by atoms with Gasteiger partial charge in [-0.25, -0.2) is 0 Å². The largest absolute Gasteiger partial charge is 0.376 e. The van der Waals surface area contributed by atoms with E-state index in [1.807, 2.05) is 24.3 Å². The lowest BCUT2D eigenvalue weighted by Crippen LogP contribution is -2.37. The molecule has 2 amide bonds. The van der Waals surface area contributed by atoms with Crippen molar-refractivity contribution in [1.29, 1.82) is 0 Å². The molecule has 2 aromatic carbocycles. The highest BCUT2D eigenvalue weighted by atomic mass is 32.2. The maximum Gasteiger partial charge on any atom is 0.290 e. The van der Waals surface area contributed by atoms with Crippen molar-refractivity contribution in [2.45, 2.75) is 19.1 Å². The Bertz CT molecular complexity index is 1190. The highest BCUT2D eigenvalue weighted by Crippen LogP contribution is 2.34. The summed E-state index contributed by atoms with van der Waals surface area (Å²) >= 11 is 0.930. The smallest absolute Gasteiger partial charge is 0.290 e. The van der Waals surface area contributed by atoms with Crippen molar-refractivity contribution in [1.82, 2.24) is 9.88 Å². The topological polar surface area (TPSA) is 69.6 Å². The molecule has 0 spiro atoms. The van der Waals surface area contributed by atoms with Crippen molar-refractivity contribution in [3.8, 4) is 0 Å². The van der Waals surface area contributed by atoms with Gasteiger partial charge >= 0.3 is 0 Å². The second-order valence-electron chi connectivity index (χ2n) is 7.64. The molecule has 0 bridgehead atoms. The normalized spacial score (nSPS) is 21.6. The molecule has 3 aromatic rings. The first-order valence-electron chi connectivity index (χ1n) is 10.2. The van der Waals surface area contributed by atoms with Gasteiger partial charge in [0.25, 0.3) is 11.1 Å². The lowest BCUT2D eigenvalue weighted by Gasteiger charge is -2.33. The van der Waals surface area contributed by atoms with Gasteiger partial charge in [-0.2, -0.15) is 0 Å². The SMILES string of the molecule is Cc1ccccc1C(C1COCCO1)n1ccc2c(C=C3SC(=O)NC3=O)cccc21. The van der Waals surface area contributed by atoms with Crippen LogP contribution in [0.2, 0.25) is 0 Å². The molecule has 2 saturated heterocycles. The van der Waals surface area contributed by atoms with Gasteiger partial charge in [0.15, 0.2) is 0 Å². The van der Waals surface area contributed by atoms with Crippen LogP contribution in [-0.4, -0.2) is 41.6 Å². The Kier molecular flexibility index (Phi) is 5.40. The molecular formula is C24H22N2O4S. The zero-order valence-electron chi connectivity index (χ0n) is 17.0. The third kappa shape index (κ3) is 3.80. The summed E-state index contributed by atoms with van der Waals surface area (Å²) in [5, 5.41) is 2.98. The Balaban J connectivity index is 1.62. The summed E-state index contributed by atoms with van der Waals surface area (Å²) in [6.45, 7) is 3.82. The maximum atomic E-state index is 12.0. The standard InChI is InChI=1S/C24H22N2O4S/c1-15-5-2-3-7-17(15)22(20-14-29-11-12-30-20)26-10-9-18-16(6-4-8-19(18)26)13-21-23(27)25-24(28)31-21/h2-10,13,20,22H,11-12,14H2,1H3,(H,25,27,28). The molecular weight excluding hydrogens is 412 g/mol. The zero-order valence-corrected chi connectivity index (χ0v) is 17.9. The maximum absolute atomic E-state index is 12.0. The summed E-state index contributed by atoms with van der Waals surface area (Å²) in [4.78, 5) is 24.0. The van der Waals surface area contributed by atoms with Gasteiger partial charge in [-0.05, 0) is 53.6 Å². The van der Waals surface area contributed by atoms with Crippen LogP contribution in [0.5, 0.6) is 0 Å². The number of carbonyl (C=O) groups excluding carboxylic acids is 2. The second-order valence-corrected chi connectivity index (χ2v) is 8.66. The Labute approximate surface area is 184 Å². The number of imide groups is 1. The molecule has 0 saturated carbocycles. The minimum Gasteiger partial charge on any atom is -0.376 e. The number of carbonyl (C=O) groups is 2. The third-order valence-electron chi connectivity index (χ3n) is 5.73. The van der Waals surface area contributed by atoms with E-state index in [-0.39, 0.29) is 23.3 Å². The molecule has 2 atom stereocenters. The number of aryl methyl sites for hydroxylation is 1. The van der Waals surface area contributed by atoms with E-state index in [9.17, 15) is 9.59 Å². The number of nitrogens with one attached hydrogen (secondary N) is 1. The number of thioether (sulfide) groups is 1. The van der Waals surface area contributed by atoms with Gasteiger partial charge in [0.05, 0.1) is 30.8 Å². The van der Waals surface area contributed by atoms with E-state index in [4.69, 9.17) is 9.47 Å². The molecule has 3 heterocycles. The lowest BCUT2D eigenvalue weighted by atomic mass is 9.96. The first kappa shape index (κ1) is 20.1. The summed E-state index contributed by atoms with van der Waals surface area (Å²) < 4.78 is 14.1. The number of ether oxygens (including phenoxy) is 2. The fourth-order valence-electron chi connectivity index (χ4n) is 4.28. The number of amides is 2. The Morgan fingerprint density at radius 1 is 1.13 bits per heavy atom. The van der Waals surface area contributed by atoms with Gasteiger partial charge in [0, 0.05) is 17.1 Å². The minimum atomic E-state index is -0.350. The number of aromatic nitrogens is 1. The highest BCUT2D eigenvalue weighted by Gasteiger charge is 2.30. The van der Waals surface area contributed by atoms with Gasteiger partial charge < -0.3 is 14.0 Å². The monoisotopic (exact) mass is 434 g/mol. The van der Waals surface area contributed by atoms with Crippen molar-refractivity contribution in [2.75, 3.05) is 19.8 Å². The van der Waals surface area contributed by atoms with Crippen LogP contribution in [-0.2, 0) is 14.3 Å². The van der Waals surface area contributed by atoms with E-state index in [1.54, 1.807) is 6.08 Å². The van der Waals surface area contributed by atoms with Gasteiger partial charge in [-0.3, -0.25) is 14.9 Å². The predicted molar refractivity (Wildman–Crippen MR) is 121 cm³/mol. The Morgan fingerprint density at radius 2 is 2.00 bits per heavy atom. The molecule has 2 fully saturated rings. The van der Waals surface area contributed by atoms with Crippen molar-refractivity contribution < 1.29 is 19.1 Å². The summed E-state index contributed by atoms with van der Waals surface area (Å²) in [6.07, 6.45) is 3.73. The number of fused-ring (bicyclic) bond motifs is 1. The molecule has 1 N–H and O–H groups in total. The first-order valence-corrected chi connectivity index (χ1v) is 11.0. The molecule has 0 aliphatic carbocycles. The van der Waals surface area contributed by atoms with Gasteiger partial charge in [-0.1, -0.05) is 36.4 Å². The highest BCUT2D eigenvalue weighted by molar-refractivity contribution is 8.18. The van der Waals surface area contributed by atoms with Crippen molar-refractivity contribution in [2.24, 2.45) is 0 Å². The van der Waals surface area contributed by atoms with E-state index in [0.717, 1.165) is 28.2 Å². The van der Waals surface area contributed by atoms with Crippen LogP contribution >= 0.6 is 11.8 Å². The number of rotatable bonds is 4. The molecule has 2 unspecified atom stereocenters. The van der Waals surface area contributed by atoms with Crippen molar-refractivity contribution >= 4 is 39.9 Å². The van der Waals surface area contributed by atoms with E-state index in [1.165, 1.54) is 11.1 Å². The molecule has 6 nitrogen and oxygen atoms in total. The molecule has 2 aliphatic heterocycles. The summed E-state index contributed by atoms with van der Waals surface area (Å²) in [5.74, 6) is -0.350. The Morgan fingerprint density at radius 3 is 2.74 bits per heavy atom. The van der Waals surface area contributed by atoms with Crippen LogP contribution < -0.4 is 5.32 Å². The summed E-state index contributed by atoms with van der Waals surface area (Å²) in [6, 6.07) is 16.3. The van der Waals surface area contributed by atoms with E-state index >= 15 is 0 Å². The molecule has 5 rings (SSSR count). The van der Waals surface area contributed by atoms with Gasteiger partial charge in [0.1, 0.15) is 6.10 Å². The number of hydrogen-bond acceptors (Lipinski definition) is 5. The molecule has 0 radical (unpaired) electrons. The predicted octanol–water partition coefficient (Wildman–Crippen LogP) is 4.28. The van der Waals surface area contributed by atoms with Crippen molar-refractivity contribution in [3.63, 3.8) is 0 Å². The zero-order chi connectivity index (χ0) is 21.4. The molecule has 1 aromatic heterocycles. The summed E-state index contributed by atoms with van der Waals surface area (Å²) in [7, 11) is 0. The van der Waals surface area contributed by atoms with Crippen LogP contribution in [0.15, 0.2) is 59.6 Å². The van der Waals surface area contributed by atoms with Gasteiger partial charge in [0.2, 0.25) is 0 Å². The lowest BCUT2D eigenvalue weighted by molar-refractivity contribution is -0.115. The van der Waals surface area contributed by atoms with Crippen LogP contribution in [0, 0.1) is 6.92 Å². The first-order chi connectivity index (χ1) is 15.1. The average molecular weight is 435 g/mol. The minimum absolute atomic E-state index is 0.0485. The van der Waals surface area contributed by atoms with Crippen LogP contribution in [0.4, 0.5) is 4.79 Å². The Hall–Kier alpha value is -2.87. The van der Waals surface area contributed by atoms with E-state index in [2.05, 4.69) is 47.3 Å². The summed E-state index contributed by atoms with van der Waals surface area (Å²) in [5.41, 5.74) is 4.31. The number of nitrogens with zero attached hydrogens (tertiary/aromatic N) is 1. The second kappa shape index (κ2) is 8.34. The molecule has 31 heavy (non-hydrogen) atoms. The average Bonchev–Trinajstić information content (AvgIpc) is 3.34. The van der Waals surface area contributed by atoms with Crippen LogP contribution in [0.25, 0.3) is 17.0 Å². The fraction of sp³-hybridized carbons (Fsp3) is 0.250. The number of benzene rings is 2. The molecule has 158 valence electrons. The van der Waals surface area contributed by atoms with Crippen LogP contribution in [0.1, 0.15) is 22.7 Å². The van der Waals surface area contributed by atoms with Crippen molar-refractivity contribution in [3.05, 3.63) is 76.3 Å². The number of hydrogen-bond donors (Lipinski definition) is 1. The van der Waals surface area contributed by atoms with Gasteiger partial charge in [-0.15, -0.1) is 0 Å². The quantitative estimate of drug-likeness (QED) is 0.621. The third-order valence-corrected chi connectivity index (χ3v) is 6.54. The molecule has 7 heteroatoms.